The summed E-state index contributed by atoms with van der Waals surface area (Å²) in [5, 5.41) is 5.19. The predicted molar refractivity (Wildman–Crippen MR) is 264 cm³/mol. The van der Waals surface area contributed by atoms with Crippen LogP contribution in [0.4, 0.5) is 0 Å². The molecule has 9 aromatic rings. The Hall–Kier alpha value is -7.02. The number of benzene rings is 9. The lowest BCUT2D eigenvalue weighted by atomic mass is 9.76. The molecule has 0 bridgehead atoms. The molecule has 2 unspecified atom stereocenters. The Morgan fingerprint density at radius 1 is 0.452 bits per heavy atom. The van der Waals surface area contributed by atoms with E-state index in [0.717, 1.165) is 19.3 Å². The van der Waals surface area contributed by atoms with E-state index in [1.807, 2.05) is 0 Å². The molecule has 11 rings (SSSR count). The average Bonchev–Trinajstić information content (AvgIpc) is 3.56. The van der Waals surface area contributed by atoms with Gasteiger partial charge in [-0.2, -0.15) is 0 Å². The third-order valence-electron chi connectivity index (χ3n) is 13.9. The molecule has 0 heteroatoms. The average molecular weight is 795 g/mol. The van der Waals surface area contributed by atoms with E-state index in [0.29, 0.717) is 11.8 Å². The van der Waals surface area contributed by atoms with Gasteiger partial charge in [0.2, 0.25) is 0 Å². The van der Waals surface area contributed by atoms with Gasteiger partial charge in [-0.3, -0.25) is 0 Å². The summed E-state index contributed by atoms with van der Waals surface area (Å²) in [5.74, 6) is 0.846. The maximum atomic E-state index is 2.64. The number of allylic oxidation sites excluding steroid dienone is 4. The Bertz CT molecular complexity index is 3140. The van der Waals surface area contributed by atoms with Gasteiger partial charge < -0.3 is 0 Å². The Morgan fingerprint density at radius 3 is 1.74 bits per heavy atom. The van der Waals surface area contributed by atoms with Crippen molar-refractivity contribution < 1.29 is 0 Å². The summed E-state index contributed by atoms with van der Waals surface area (Å²) in [5.41, 5.74) is 18.6. The standard InChI is InChI=1S/C62H50/c1-62(2)60-38-42(24-35-53(46-16-7-4-8-17-46)47-30-26-44(27-31-47)50-20-13-19-49(39-50)43-14-5-3-6-15-43)25-36-57(60)58-37-34-51(41-61(58)62)45-28-32-48(33-29-45)59-40-52-18-9-10-21-54(52)55-22-11-12-23-56(55)59/h3-23,26-34,36-42,53H,24-25,35H2,1-2H3. The van der Waals surface area contributed by atoms with Gasteiger partial charge in [-0.05, 0) is 143 Å². The lowest BCUT2D eigenvalue weighted by Gasteiger charge is -2.28. The molecule has 2 aliphatic carbocycles. The maximum absolute atomic E-state index is 2.64. The normalized spacial score (nSPS) is 15.7. The fourth-order valence-corrected chi connectivity index (χ4v) is 10.5. The lowest BCUT2D eigenvalue weighted by Crippen LogP contribution is -2.18. The largest absolute Gasteiger partial charge is 0.0764 e. The summed E-state index contributed by atoms with van der Waals surface area (Å²) in [6, 6.07) is 76.4. The second-order valence-electron chi connectivity index (χ2n) is 18.0. The fourth-order valence-electron chi connectivity index (χ4n) is 10.5. The number of fused-ring (bicyclic) bond motifs is 6. The minimum absolute atomic E-state index is 0.0632. The van der Waals surface area contributed by atoms with E-state index in [1.54, 1.807) is 0 Å². The Labute approximate surface area is 366 Å². The molecule has 0 fully saturated rings. The molecule has 0 nitrogen and oxygen atoms in total. The van der Waals surface area contributed by atoms with Gasteiger partial charge in [0, 0.05) is 11.3 Å². The summed E-state index contributed by atoms with van der Waals surface area (Å²) in [6.45, 7) is 4.87. The molecular formula is C62H50. The van der Waals surface area contributed by atoms with Crippen molar-refractivity contribution in [1.29, 1.82) is 0 Å². The molecular weight excluding hydrogens is 745 g/mol. The Balaban J connectivity index is 0.828. The van der Waals surface area contributed by atoms with E-state index >= 15 is 0 Å². The summed E-state index contributed by atoms with van der Waals surface area (Å²) in [6.07, 6.45) is 8.52. The van der Waals surface area contributed by atoms with E-state index in [9.17, 15) is 0 Å². The highest BCUT2D eigenvalue weighted by Gasteiger charge is 2.40. The Kier molecular flexibility index (Phi) is 9.66. The van der Waals surface area contributed by atoms with Crippen molar-refractivity contribution in [2.75, 3.05) is 0 Å². The molecule has 0 aliphatic heterocycles. The first-order valence-electron chi connectivity index (χ1n) is 22.4. The van der Waals surface area contributed by atoms with Crippen molar-refractivity contribution in [2.24, 2.45) is 5.92 Å². The van der Waals surface area contributed by atoms with Gasteiger partial charge in [-0.1, -0.05) is 214 Å². The van der Waals surface area contributed by atoms with Gasteiger partial charge in [-0.25, -0.2) is 0 Å². The van der Waals surface area contributed by atoms with Crippen LogP contribution < -0.4 is 0 Å². The van der Waals surface area contributed by atoms with Crippen molar-refractivity contribution in [3.05, 3.63) is 246 Å². The number of hydrogen-bond acceptors (Lipinski definition) is 0. The first-order chi connectivity index (χ1) is 30.5. The molecule has 2 atom stereocenters. The van der Waals surface area contributed by atoms with Crippen molar-refractivity contribution in [1.82, 2.24) is 0 Å². The summed E-state index contributed by atoms with van der Waals surface area (Å²) in [7, 11) is 0. The first-order valence-corrected chi connectivity index (χ1v) is 22.4. The molecule has 0 saturated carbocycles. The van der Waals surface area contributed by atoms with E-state index in [-0.39, 0.29) is 5.41 Å². The summed E-state index contributed by atoms with van der Waals surface area (Å²) >= 11 is 0. The highest BCUT2D eigenvalue weighted by molar-refractivity contribution is 6.13. The molecule has 0 radical (unpaired) electrons. The van der Waals surface area contributed by atoms with Gasteiger partial charge >= 0.3 is 0 Å². The van der Waals surface area contributed by atoms with E-state index in [4.69, 9.17) is 0 Å². The smallest absolute Gasteiger partial charge is 0.0155 e. The zero-order valence-electron chi connectivity index (χ0n) is 35.6. The highest BCUT2D eigenvalue weighted by Crippen LogP contribution is 2.53. The second kappa shape index (κ2) is 15.8. The molecule has 0 aromatic heterocycles. The van der Waals surface area contributed by atoms with Gasteiger partial charge in [0.25, 0.3) is 0 Å². The van der Waals surface area contributed by atoms with Crippen LogP contribution in [0.15, 0.2) is 224 Å². The van der Waals surface area contributed by atoms with Crippen molar-refractivity contribution >= 4 is 27.1 Å². The van der Waals surface area contributed by atoms with Gasteiger partial charge in [0.15, 0.2) is 0 Å². The van der Waals surface area contributed by atoms with Gasteiger partial charge in [0.1, 0.15) is 0 Å². The topological polar surface area (TPSA) is 0 Å². The van der Waals surface area contributed by atoms with Crippen molar-refractivity contribution in [3.63, 3.8) is 0 Å². The van der Waals surface area contributed by atoms with Crippen LogP contribution in [0.25, 0.3) is 71.6 Å². The molecule has 0 N–H and O–H groups in total. The monoisotopic (exact) mass is 794 g/mol. The molecule has 9 aromatic carbocycles. The van der Waals surface area contributed by atoms with E-state index < -0.39 is 0 Å². The van der Waals surface area contributed by atoms with Crippen LogP contribution in [-0.4, -0.2) is 0 Å². The molecule has 0 saturated heterocycles. The van der Waals surface area contributed by atoms with Crippen molar-refractivity contribution in [2.45, 2.75) is 44.4 Å². The lowest BCUT2D eigenvalue weighted by molar-refractivity contribution is 0.526. The Morgan fingerprint density at radius 2 is 1.00 bits per heavy atom. The third-order valence-corrected chi connectivity index (χ3v) is 13.9. The molecule has 298 valence electrons. The van der Waals surface area contributed by atoms with Gasteiger partial charge in [-0.15, -0.1) is 0 Å². The quantitative estimate of drug-likeness (QED) is 0.128. The molecule has 2 aliphatic rings. The van der Waals surface area contributed by atoms with Crippen LogP contribution in [0.5, 0.6) is 0 Å². The van der Waals surface area contributed by atoms with Gasteiger partial charge in [0.05, 0.1) is 0 Å². The molecule has 0 amide bonds. The van der Waals surface area contributed by atoms with Crippen molar-refractivity contribution in [3.8, 4) is 44.5 Å². The summed E-state index contributed by atoms with van der Waals surface area (Å²) in [4.78, 5) is 0. The second-order valence-corrected chi connectivity index (χ2v) is 18.0. The van der Waals surface area contributed by atoms with Crippen LogP contribution >= 0.6 is 0 Å². The highest BCUT2D eigenvalue weighted by atomic mass is 14.4. The summed E-state index contributed by atoms with van der Waals surface area (Å²) < 4.78 is 0. The minimum atomic E-state index is -0.0632. The predicted octanol–water partition coefficient (Wildman–Crippen LogP) is 16.9. The minimum Gasteiger partial charge on any atom is -0.0764 e. The zero-order valence-corrected chi connectivity index (χ0v) is 35.6. The maximum Gasteiger partial charge on any atom is 0.0155 e. The SMILES string of the molecule is CC1(C)C2=CC(CCC(c3ccccc3)c3ccc(-c4cccc(-c5ccccc5)c4)cc3)CC=C2c2ccc(-c3ccc(-c4cc5ccccc5c5ccccc45)cc3)cc21. The fraction of sp³-hybridized carbons (Fsp3) is 0.129. The number of rotatable bonds is 9. The van der Waals surface area contributed by atoms with Crippen LogP contribution in [-0.2, 0) is 5.41 Å². The molecule has 62 heavy (non-hydrogen) atoms. The number of hydrogen-bond donors (Lipinski definition) is 0. The van der Waals surface area contributed by atoms with Crippen LogP contribution in [0, 0.1) is 5.92 Å². The molecule has 0 spiro atoms. The van der Waals surface area contributed by atoms with E-state index in [1.165, 1.54) is 99.5 Å². The third kappa shape index (κ3) is 6.91. The molecule has 0 heterocycles. The van der Waals surface area contributed by atoms with Crippen LogP contribution in [0.2, 0.25) is 0 Å². The zero-order chi connectivity index (χ0) is 41.6. The van der Waals surface area contributed by atoms with Crippen LogP contribution in [0.3, 0.4) is 0 Å². The van der Waals surface area contributed by atoms with Crippen LogP contribution in [0.1, 0.15) is 61.3 Å². The first kappa shape index (κ1) is 37.9. The van der Waals surface area contributed by atoms with E-state index in [2.05, 4.69) is 232 Å².